The van der Waals surface area contributed by atoms with E-state index in [1.807, 2.05) is 37.3 Å². The molecule has 1 rings (SSSR count). The van der Waals surface area contributed by atoms with Crippen molar-refractivity contribution in [3.63, 3.8) is 0 Å². The monoisotopic (exact) mass is 322 g/mol. The van der Waals surface area contributed by atoms with Gasteiger partial charge in [-0.1, -0.05) is 37.3 Å². The normalized spacial score (nSPS) is 10.7. The second kappa shape index (κ2) is 9.71. The van der Waals surface area contributed by atoms with E-state index >= 15 is 0 Å². The highest BCUT2D eigenvalue weighted by molar-refractivity contribution is 5.68. The number of nitrogens with one attached hydrogen (secondary N) is 2. The first-order chi connectivity index (χ1) is 11.1. The van der Waals surface area contributed by atoms with Crippen LogP contribution >= 0.6 is 0 Å². The summed E-state index contributed by atoms with van der Waals surface area (Å²) in [5.74, 6) is 0. The molecule has 2 amide bonds. The fraction of sp³-hybridized carbons (Fsp3) is 0.529. The Kier molecular flexibility index (Phi) is 7.94. The molecule has 0 fully saturated rings. The second-order valence-electron chi connectivity index (χ2n) is 5.15. The Morgan fingerprint density at radius 1 is 0.913 bits per heavy atom. The SMILES string of the molecule is CCOC(=O)NCC(CC)(CNC(=O)OCC)c1ccccc1. The number of carbonyl (C=O) groups excluding carboxylic acids is 2. The van der Waals surface area contributed by atoms with Crippen LogP contribution in [0.3, 0.4) is 0 Å². The molecule has 2 N–H and O–H groups in total. The molecular formula is C17H26N2O4. The van der Waals surface area contributed by atoms with Crippen LogP contribution in [0.15, 0.2) is 30.3 Å². The highest BCUT2D eigenvalue weighted by Crippen LogP contribution is 2.27. The van der Waals surface area contributed by atoms with E-state index < -0.39 is 17.6 Å². The molecule has 0 saturated carbocycles. The lowest BCUT2D eigenvalue weighted by Gasteiger charge is -2.33. The molecule has 23 heavy (non-hydrogen) atoms. The summed E-state index contributed by atoms with van der Waals surface area (Å²) in [5.41, 5.74) is 0.608. The maximum atomic E-state index is 11.6. The molecular weight excluding hydrogens is 296 g/mol. The Bertz CT molecular complexity index is 469. The van der Waals surface area contributed by atoms with Crippen molar-refractivity contribution >= 4 is 12.2 Å². The van der Waals surface area contributed by atoms with Crippen LogP contribution in [0.25, 0.3) is 0 Å². The fourth-order valence-corrected chi connectivity index (χ4v) is 2.36. The molecule has 0 heterocycles. The van der Waals surface area contributed by atoms with Crippen LogP contribution in [0.1, 0.15) is 32.8 Å². The third-order valence-corrected chi connectivity index (χ3v) is 3.76. The van der Waals surface area contributed by atoms with Crippen molar-refractivity contribution in [1.29, 1.82) is 0 Å². The Hall–Kier alpha value is -2.24. The van der Waals surface area contributed by atoms with Crippen LogP contribution in [0.5, 0.6) is 0 Å². The van der Waals surface area contributed by atoms with Gasteiger partial charge in [0, 0.05) is 18.5 Å². The quantitative estimate of drug-likeness (QED) is 0.771. The summed E-state index contributed by atoms with van der Waals surface area (Å²) in [7, 11) is 0. The molecule has 128 valence electrons. The van der Waals surface area contributed by atoms with Crippen molar-refractivity contribution in [1.82, 2.24) is 10.6 Å². The molecule has 1 aromatic rings. The molecule has 0 unspecified atom stereocenters. The molecule has 1 aromatic carbocycles. The second-order valence-corrected chi connectivity index (χ2v) is 5.15. The van der Waals surface area contributed by atoms with Gasteiger partial charge in [-0.2, -0.15) is 0 Å². The van der Waals surface area contributed by atoms with Crippen molar-refractivity contribution in [2.24, 2.45) is 0 Å². The number of rotatable bonds is 8. The Labute approximate surface area is 137 Å². The van der Waals surface area contributed by atoms with Gasteiger partial charge in [0.1, 0.15) is 0 Å². The molecule has 0 aliphatic heterocycles. The lowest BCUT2D eigenvalue weighted by atomic mass is 9.78. The van der Waals surface area contributed by atoms with Gasteiger partial charge >= 0.3 is 12.2 Å². The zero-order chi connectivity index (χ0) is 17.1. The minimum atomic E-state index is -0.461. The van der Waals surface area contributed by atoms with Crippen molar-refractivity contribution in [2.45, 2.75) is 32.6 Å². The summed E-state index contributed by atoms with van der Waals surface area (Å²) in [4.78, 5) is 23.3. The lowest BCUT2D eigenvalue weighted by Crippen LogP contribution is -2.48. The first-order valence-electron chi connectivity index (χ1n) is 7.94. The predicted molar refractivity (Wildman–Crippen MR) is 88.5 cm³/mol. The van der Waals surface area contributed by atoms with E-state index in [1.54, 1.807) is 13.8 Å². The Morgan fingerprint density at radius 2 is 1.39 bits per heavy atom. The number of ether oxygens (including phenoxy) is 2. The standard InChI is InChI=1S/C17H26N2O4/c1-4-17(12-18-15(20)22-5-2,13-19-16(21)23-6-3)14-10-8-7-9-11-14/h7-11H,4-6,12-13H2,1-3H3,(H,18,20)(H,19,21). The van der Waals surface area contributed by atoms with Gasteiger partial charge in [-0.25, -0.2) is 9.59 Å². The van der Waals surface area contributed by atoms with E-state index in [4.69, 9.17) is 9.47 Å². The molecule has 0 bridgehead atoms. The van der Waals surface area contributed by atoms with Crippen molar-refractivity contribution in [3.8, 4) is 0 Å². The third kappa shape index (κ3) is 5.81. The summed E-state index contributed by atoms with van der Waals surface area (Å²) in [5, 5.41) is 5.55. The largest absolute Gasteiger partial charge is 0.450 e. The van der Waals surface area contributed by atoms with Crippen molar-refractivity contribution in [3.05, 3.63) is 35.9 Å². The van der Waals surface area contributed by atoms with Crippen LogP contribution < -0.4 is 10.6 Å². The summed E-state index contributed by atoms with van der Waals surface area (Å²) in [6.45, 7) is 6.89. The number of hydrogen-bond acceptors (Lipinski definition) is 4. The van der Waals surface area contributed by atoms with E-state index in [2.05, 4.69) is 10.6 Å². The minimum absolute atomic E-state index is 0.317. The predicted octanol–water partition coefficient (Wildman–Crippen LogP) is 2.83. The average molecular weight is 322 g/mol. The number of alkyl carbamates (subject to hydrolysis) is 2. The van der Waals surface area contributed by atoms with E-state index in [-0.39, 0.29) is 0 Å². The number of amides is 2. The van der Waals surface area contributed by atoms with Gasteiger partial charge < -0.3 is 20.1 Å². The Morgan fingerprint density at radius 3 is 1.78 bits per heavy atom. The van der Waals surface area contributed by atoms with Crippen LogP contribution in [0, 0.1) is 0 Å². The van der Waals surface area contributed by atoms with E-state index in [0.717, 1.165) is 12.0 Å². The first kappa shape index (κ1) is 18.8. The fourth-order valence-electron chi connectivity index (χ4n) is 2.36. The minimum Gasteiger partial charge on any atom is -0.450 e. The number of benzene rings is 1. The topological polar surface area (TPSA) is 76.7 Å². The van der Waals surface area contributed by atoms with E-state index in [0.29, 0.717) is 26.3 Å². The van der Waals surface area contributed by atoms with Gasteiger partial charge in [-0.05, 0) is 25.8 Å². The molecule has 0 spiro atoms. The molecule has 0 aliphatic rings. The highest BCUT2D eigenvalue weighted by Gasteiger charge is 2.31. The Balaban J connectivity index is 2.88. The summed E-state index contributed by atoms with van der Waals surface area (Å²) in [6.07, 6.45) is -0.190. The third-order valence-electron chi connectivity index (χ3n) is 3.76. The van der Waals surface area contributed by atoms with Gasteiger partial charge in [0.05, 0.1) is 13.2 Å². The van der Waals surface area contributed by atoms with Crippen LogP contribution in [0.4, 0.5) is 9.59 Å². The molecule has 6 heteroatoms. The van der Waals surface area contributed by atoms with Gasteiger partial charge in [0.15, 0.2) is 0 Å². The van der Waals surface area contributed by atoms with Gasteiger partial charge in [0.2, 0.25) is 0 Å². The van der Waals surface area contributed by atoms with Gasteiger partial charge in [-0.15, -0.1) is 0 Å². The molecule has 0 radical (unpaired) electrons. The first-order valence-corrected chi connectivity index (χ1v) is 7.94. The molecule has 6 nitrogen and oxygen atoms in total. The molecule has 0 atom stereocenters. The number of carbonyl (C=O) groups is 2. The van der Waals surface area contributed by atoms with Gasteiger partial charge in [-0.3, -0.25) is 0 Å². The zero-order valence-electron chi connectivity index (χ0n) is 14.1. The van der Waals surface area contributed by atoms with Crippen LogP contribution in [-0.4, -0.2) is 38.5 Å². The molecule has 0 saturated heterocycles. The highest BCUT2D eigenvalue weighted by atomic mass is 16.6. The average Bonchev–Trinajstić information content (AvgIpc) is 2.57. The summed E-state index contributed by atoms with van der Waals surface area (Å²) >= 11 is 0. The molecule has 0 aliphatic carbocycles. The van der Waals surface area contributed by atoms with Crippen molar-refractivity contribution < 1.29 is 19.1 Å². The van der Waals surface area contributed by atoms with Crippen molar-refractivity contribution in [2.75, 3.05) is 26.3 Å². The maximum Gasteiger partial charge on any atom is 0.407 e. The van der Waals surface area contributed by atoms with Gasteiger partial charge in [0.25, 0.3) is 0 Å². The van der Waals surface area contributed by atoms with E-state index in [1.165, 1.54) is 0 Å². The smallest absolute Gasteiger partial charge is 0.407 e. The zero-order valence-corrected chi connectivity index (χ0v) is 14.1. The van der Waals surface area contributed by atoms with Crippen LogP contribution in [-0.2, 0) is 14.9 Å². The lowest BCUT2D eigenvalue weighted by molar-refractivity contribution is 0.144. The maximum absolute atomic E-state index is 11.6. The summed E-state index contributed by atoms with van der Waals surface area (Å²) < 4.78 is 9.84. The van der Waals surface area contributed by atoms with E-state index in [9.17, 15) is 9.59 Å². The summed E-state index contributed by atoms with van der Waals surface area (Å²) in [6, 6.07) is 9.79. The molecule has 0 aromatic heterocycles. The van der Waals surface area contributed by atoms with Crippen LogP contribution in [0.2, 0.25) is 0 Å². The number of hydrogen-bond donors (Lipinski definition) is 2.